The van der Waals surface area contributed by atoms with E-state index in [4.69, 9.17) is 0 Å². The number of hydrogen-bond donors (Lipinski definition) is 1. The zero-order valence-electron chi connectivity index (χ0n) is 10.6. The van der Waals surface area contributed by atoms with Crippen LogP contribution < -0.4 is 5.32 Å². The van der Waals surface area contributed by atoms with E-state index in [1.54, 1.807) is 6.20 Å². The monoisotopic (exact) mass is 230 g/mol. The molecule has 0 fully saturated rings. The van der Waals surface area contributed by atoms with E-state index in [0.29, 0.717) is 0 Å². The molecule has 0 unspecified atom stereocenters. The van der Waals surface area contributed by atoms with Gasteiger partial charge < -0.3 is 9.88 Å². The maximum atomic E-state index is 4.49. The third-order valence-electron chi connectivity index (χ3n) is 2.65. The first kappa shape index (κ1) is 11.6. The van der Waals surface area contributed by atoms with Gasteiger partial charge in [-0.2, -0.15) is 0 Å². The van der Waals surface area contributed by atoms with E-state index >= 15 is 0 Å². The lowest BCUT2D eigenvalue weighted by molar-refractivity contribution is 0.686. The maximum absolute atomic E-state index is 4.49. The lowest BCUT2D eigenvalue weighted by Crippen LogP contribution is -2.03. The van der Waals surface area contributed by atoms with Crippen LogP contribution in [0.2, 0.25) is 0 Å². The molecule has 0 aromatic carbocycles. The summed E-state index contributed by atoms with van der Waals surface area (Å²) in [6, 6.07) is 1.99. The highest BCUT2D eigenvalue weighted by Crippen LogP contribution is 2.19. The van der Waals surface area contributed by atoms with Gasteiger partial charge >= 0.3 is 0 Å². The van der Waals surface area contributed by atoms with Crippen LogP contribution in [0.3, 0.4) is 0 Å². The van der Waals surface area contributed by atoms with Crippen molar-refractivity contribution in [2.45, 2.75) is 33.7 Å². The predicted octanol–water partition coefficient (Wildman–Crippen LogP) is 3.05. The molecule has 0 aliphatic heterocycles. The second-order valence-corrected chi connectivity index (χ2v) is 4.21. The Morgan fingerprint density at radius 3 is 2.88 bits per heavy atom. The summed E-state index contributed by atoms with van der Waals surface area (Å²) in [7, 11) is 0. The van der Waals surface area contributed by atoms with Crippen LogP contribution >= 0.6 is 0 Å². The fourth-order valence-corrected chi connectivity index (χ4v) is 1.77. The molecule has 2 aromatic rings. The van der Waals surface area contributed by atoms with Gasteiger partial charge in [-0.1, -0.05) is 6.92 Å². The number of pyridine rings is 1. The van der Waals surface area contributed by atoms with Gasteiger partial charge in [0.1, 0.15) is 0 Å². The average molecular weight is 230 g/mol. The molecule has 2 heterocycles. The Morgan fingerprint density at radius 2 is 2.18 bits per heavy atom. The molecule has 0 saturated heterocycles. The predicted molar refractivity (Wildman–Crippen MR) is 69.5 cm³/mol. The van der Waals surface area contributed by atoms with E-state index in [0.717, 1.165) is 30.3 Å². The summed E-state index contributed by atoms with van der Waals surface area (Å²) in [6.45, 7) is 7.20. The molecule has 0 spiro atoms. The standard InChI is InChI=1S/C13H18N4/c1-4-7-17-9-11(3)15-13(17)16-12-8-14-6-5-10(12)2/h5-6,8-9H,4,7H2,1-3H3,(H,15,16). The van der Waals surface area contributed by atoms with Crippen LogP contribution in [0.15, 0.2) is 24.7 Å². The van der Waals surface area contributed by atoms with Crippen LogP contribution in [0, 0.1) is 13.8 Å². The van der Waals surface area contributed by atoms with Gasteiger partial charge in [-0.3, -0.25) is 4.98 Å². The fourth-order valence-electron chi connectivity index (χ4n) is 1.77. The van der Waals surface area contributed by atoms with E-state index in [-0.39, 0.29) is 0 Å². The second kappa shape index (κ2) is 4.99. The Kier molecular flexibility index (Phi) is 3.42. The maximum Gasteiger partial charge on any atom is 0.207 e. The highest BCUT2D eigenvalue weighted by Gasteiger charge is 2.06. The number of nitrogens with one attached hydrogen (secondary N) is 1. The van der Waals surface area contributed by atoms with Crippen molar-refractivity contribution in [3.63, 3.8) is 0 Å². The van der Waals surface area contributed by atoms with Crippen LogP contribution in [0.4, 0.5) is 11.6 Å². The Balaban J connectivity index is 2.26. The number of nitrogens with zero attached hydrogens (tertiary/aromatic N) is 3. The first-order valence-corrected chi connectivity index (χ1v) is 5.92. The van der Waals surface area contributed by atoms with Crippen LogP contribution in [0.1, 0.15) is 24.6 Å². The van der Waals surface area contributed by atoms with E-state index < -0.39 is 0 Å². The minimum Gasteiger partial charge on any atom is -0.324 e. The number of anilines is 2. The summed E-state index contributed by atoms with van der Waals surface area (Å²) in [5.74, 6) is 0.889. The van der Waals surface area contributed by atoms with E-state index in [9.17, 15) is 0 Å². The molecule has 0 aliphatic rings. The van der Waals surface area contributed by atoms with Crippen molar-refractivity contribution >= 4 is 11.6 Å². The van der Waals surface area contributed by atoms with Gasteiger partial charge in [-0.25, -0.2) is 4.98 Å². The summed E-state index contributed by atoms with van der Waals surface area (Å²) in [5, 5.41) is 3.34. The summed E-state index contributed by atoms with van der Waals surface area (Å²) < 4.78 is 2.14. The normalized spacial score (nSPS) is 10.5. The van der Waals surface area contributed by atoms with Gasteiger partial charge in [0.25, 0.3) is 0 Å². The van der Waals surface area contributed by atoms with Crippen LogP contribution in [0.5, 0.6) is 0 Å². The summed E-state index contributed by atoms with van der Waals surface area (Å²) in [5.41, 5.74) is 3.21. The molecular formula is C13H18N4. The molecule has 0 radical (unpaired) electrons. The number of aromatic nitrogens is 3. The molecular weight excluding hydrogens is 212 g/mol. The highest BCUT2D eigenvalue weighted by molar-refractivity contribution is 5.56. The Bertz CT molecular complexity index is 502. The fraction of sp³-hybridized carbons (Fsp3) is 0.385. The molecule has 0 bridgehead atoms. The van der Waals surface area contributed by atoms with Crippen molar-refractivity contribution in [1.82, 2.24) is 14.5 Å². The quantitative estimate of drug-likeness (QED) is 0.877. The lowest BCUT2D eigenvalue weighted by Gasteiger charge is -2.10. The molecule has 2 aromatic heterocycles. The summed E-state index contributed by atoms with van der Waals surface area (Å²) >= 11 is 0. The van der Waals surface area contributed by atoms with E-state index in [2.05, 4.69) is 39.9 Å². The zero-order chi connectivity index (χ0) is 12.3. The number of aryl methyl sites for hydroxylation is 3. The molecule has 1 N–H and O–H groups in total. The van der Waals surface area contributed by atoms with Crippen molar-refractivity contribution in [2.75, 3.05) is 5.32 Å². The Hall–Kier alpha value is -1.84. The van der Waals surface area contributed by atoms with Gasteiger partial charge in [-0.15, -0.1) is 0 Å². The van der Waals surface area contributed by atoms with Crippen molar-refractivity contribution in [1.29, 1.82) is 0 Å². The van der Waals surface area contributed by atoms with Crippen molar-refractivity contribution in [3.05, 3.63) is 35.9 Å². The van der Waals surface area contributed by atoms with Gasteiger partial charge in [-0.05, 0) is 31.9 Å². The van der Waals surface area contributed by atoms with Crippen molar-refractivity contribution < 1.29 is 0 Å². The molecule has 0 saturated carbocycles. The molecule has 4 heteroatoms. The highest BCUT2D eigenvalue weighted by atomic mass is 15.2. The van der Waals surface area contributed by atoms with Gasteiger partial charge in [0, 0.05) is 18.9 Å². The van der Waals surface area contributed by atoms with E-state index in [1.165, 1.54) is 5.56 Å². The minimum atomic E-state index is 0.889. The van der Waals surface area contributed by atoms with E-state index in [1.807, 2.05) is 19.2 Å². The zero-order valence-corrected chi connectivity index (χ0v) is 10.6. The van der Waals surface area contributed by atoms with Crippen LogP contribution in [-0.2, 0) is 6.54 Å². The van der Waals surface area contributed by atoms with Crippen LogP contribution in [-0.4, -0.2) is 14.5 Å². The smallest absolute Gasteiger partial charge is 0.207 e. The van der Waals surface area contributed by atoms with Gasteiger partial charge in [0.15, 0.2) is 0 Å². The number of imidazole rings is 1. The Morgan fingerprint density at radius 1 is 1.35 bits per heavy atom. The number of hydrogen-bond acceptors (Lipinski definition) is 3. The van der Waals surface area contributed by atoms with Crippen LogP contribution in [0.25, 0.3) is 0 Å². The van der Waals surface area contributed by atoms with Gasteiger partial charge in [0.2, 0.25) is 5.95 Å². The first-order chi connectivity index (χ1) is 8.20. The SMILES string of the molecule is CCCn1cc(C)nc1Nc1cnccc1C. The van der Waals surface area contributed by atoms with Gasteiger partial charge in [0.05, 0.1) is 17.6 Å². The van der Waals surface area contributed by atoms with Crippen molar-refractivity contribution in [3.8, 4) is 0 Å². The number of rotatable bonds is 4. The molecule has 2 rings (SSSR count). The third kappa shape index (κ3) is 2.64. The third-order valence-corrected chi connectivity index (χ3v) is 2.65. The van der Waals surface area contributed by atoms with Crippen molar-refractivity contribution in [2.24, 2.45) is 0 Å². The largest absolute Gasteiger partial charge is 0.324 e. The molecule has 90 valence electrons. The lowest BCUT2D eigenvalue weighted by atomic mass is 10.2. The molecule has 0 atom stereocenters. The molecule has 17 heavy (non-hydrogen) atoms. The molecule has 0 aliphatic carbocycles. The molecule has 0 amide bonds. The topological polar surface area (TPSA) is 42.7 Å². The Labute approximate surface area is 102 Å². The minimum absolute atomic E-state index is 0.889. The average Bonchev–Trinajstić information content (AvgIpc) is 2.63. The summed E-state index contributed by atoms with van der Waals surface area (Å²) in [6.07, 6.45) is 6.79. The molecule has 4 nitrogen and oxygen atoms in total. The summed E-state index contributed by atoms with van der Waals surface area (Å²) in [4.78, 5) is 8.61. The second-order valence-electron chi connectivity index (χ2n) is 4.21. The first-order valence-electron chi connectivity index (χ1n) is 5.92.